The average Bonchev–Trinajstić information content (AvgIpc) is 2.25. The van der Waals surface area contributed by atoms with Crippen molar-refractivity contribution in [2.75, 3.05) is 6.54 Å². The van der Waals surface area contributed by atoms with E-state index in [-0.39, 0.29) is 19.4 Å². The van der Waals surface area contributed by atoms with Crippen LogP contribution in [0.1, 0.15) is 33.6 Å². The van der Waals surface area contributed by atoms with Gasteiger partial charge in [-0.25, -0.2) is 9.59 Å². The summed E-state index contributed by atoms with van der Waals surface area (Å²) in [5.74, 6) is -6.11. The van der Waals surface area contributed by atoms with Crippen LogP contribution in [0.15, 0.2) is 0 Å². The number of rotatable bonds is 7. The SMILES string of the molecule is CC(C)(C)OC(=O)[C@@](N)(C(=O)O)C(CCCN)C(=O)O. The van der Waals surface area contributed by atoms with Gasteiger partial charge in [-0.3, -0.25) is 4.79 Å². The molecular formula is C12H22N2O6. The highest BCUT2D eigenvalue weighted by Gasteiger charge is 2.54. The second-order valence-corrected chi connectivity index (χ2v) is 5.50. The molecule has 0 aromatic heterocycles. The van der Waals surface area contributed by atoms with Crippen LogP contribution in [-0.4, -0.2) is 45.8 Å². The first kappa shape index (κ1) is 18.3. The summed E-state index contributed by atoms with van der Waals surface area (Å²) in [7, 11) is 0. The Balaban J connectivity index is 5.49. The zero-order valence-corrected chi connectivity index (χ0v) is 11.9. The zero-order chi connectivity index (χ0) is 16.1. The Morgan fingerprint density at radius 1 is 1.20 bits per heavy atom. The van der Waals surface area contributed by atoms with E-state index in [1.165, 1.54) is 20.8 Å². The summed E-state index contributed by atoms with van der Waals surface area (Å²) in [6, 6.07) is 0. The third kappa shape index (κ3) is 4.46. The monoisotopic (exact) mass is 290 g/mol. The molecule has 0 fully saturated rings. The lowest BCUT2D eigenvalue weighted by Gasteiger charge is -2.32. The standard InChI is InChI=1S/C12H22N2O6/c1-11(2,3)20-10(19)12(14,9(17)18)7(8(15)16)5-4-6-13/h7H,4-6,13-14H2,1-3H3,(H,15,16)(H,17,18)/t7?,12-/m0/s1. The van der Waals surface area contributed by atoms with E-state index in [9.17, 15) is 19.5 Å². The smallest absolute Gasteiger partial charge is 0.339 e. The molecule has 0 aliphatic heterocycles. The Hall–Kier alpha value is -1.67. The van der Waals surface area contributed by atoms with Crippen LogP contribution in [0.2, 0.25) is 0 Å². The molecule has 1 unspecified atom stereocenters. The maximum absolute atomic E-state index is 12.0. The van der Waals surface area contributed by atoms with Crippen molar-refractivity contribution in [2.45, 2.75) is 44.8 Å². The van der Waals surface area contributed by atoms with Crippen molar-refractivity contribution in [1.29, 1.82) is 0 Å². The number of aliphatic carboxylic acids is 2. The number of carboxylic acid groups (broad SMARTS) is 2. The van der Waals surface area contributed by atoms with Gasteiger partial charge in [0, 0.05) is 0 Å². The molecule has 0 radical (unpaired) electrons. The summed E-state index contributed by atoms with van der Waals surface area (Å²) in [6.07, 6.45) is 0.0971. The van der Waals surface area contributed by atoms with Gasteiger partial charge in [0.25, 0.3) is 0 Å². The molecule has 0 saturated carbocycles. The molecule has 0 saturated heterocycles. The summed E-state index contributed by atoms with van der Waals surface area (Å²) >= 11 is 0. The lowest BCUT2D eigenvalue weighted by molar-refractivity contribution is -0.177. The van der Waals surface area contributed by atoms with Crippen molar-refractivity contribution in [1.82, 2.24) is 0 Å². The fraction of sp³-hybridized carbons (Fsp3) is 0.750. The molecule has 0 bridgehead atoms. The summed E-state index contributed by atoms with van der Waals surface area (Å²) < 4.78 is 4.94. The van der Waals surface area contributed by atoms with Gasteiger partial charge in [0.15, 0.2) is 0 Å². The topological polar surface area (TPSA) is 153 Å². The Bertz CT molecular complexity index is 390. The Morgan fingerprint density at radius 2 is 1.70 bits per heavy atom. The van der Waals surface area contributed by atoms with Crippen LogP contribution in [0.25, 0.3) is 0 Å². The Labute approximate surface area is 117 Å². The first-order valence-electron chi connectivity index (χ1n) is 6.15. The predicted octanol–water partition coefficient (Wildman–Crippen LogP) is -0.450. The highest BCUT2D eigenvalue weighted by Crippen LogP contribution is 2.25. The number of carbonyl (C=O) groups excluding carboxylic acids is 1. The van der Waals surface area contributed by atoms with Crippen LogP contribution in [-0.2, 0) is 19.1 Å². The molecule has 0 aromatic rings. The summed E-state index contributed by atoms with van der Waals surface area (Å²) in [4.78, 5) is 34.6. The molecule has 8 nitrogen and oxygen atoms in total. The summed E-state index contributed by atoms with van der Waals surface area (Å²) in [5, 5.41) is 18.3. The fourth-order valence-electron chi connectivity index (χ4n) is 1.61. The molecule has 116 valence electrons. The number of ether oxygens (including phenoxy) is 1. The maximum atomic E-state index is 12.0. The fourth-order valence-corrected chi connectivity index (χ4v) is 1.61. The molecule has 0 aromatic carbocycles. The number of esters is 1. The molecule has 0 aliphatic carbocycles. The third-order valence-electron chi connectivity index (χ3n) is 2.64. The molecule has 20 heavy (non-hydrogen) atoms. The van der Waals surface area contributed by atoms with Gasteiger partial charge in [-0.2, -0.15) is 0 Å². The second kappa shape index (κ2) is 6.67. The molecule has 0 amide bonds. The van der Waals surface area contributed by atoms with E-state index in [2.05, 4.69) is 0 Å². The van der Waals surface area contributed by atoms with Crippen molar-refractivity contribution in [3.05, 3.63) is 0 Å². The quantitative estimate of drug-likeness (QED) is 0.363. The van der Waals surface area contributed by atoms with E-state index in [0.29, 0.717) is 0 Å². The Kier molecular flexibility index (Phi) is 6.11. The van der Waals surface area contributed by atoms with Crippen molar-refractivity contribution in [2.24, 2.45) is 17.4 Å². The molecule has 0 heterocycles. The first-order valence-corrected chi connectivity index (χ1v) is 6.15. The lowest BCUT2D eigenvalue weighted by atomic mass is 9.81. The van der Waals surface area contributed by atoms with E-state index >= 15 is 0 Å². The van der Waals surface area contributed by atoms with E-state index < -0.39 is 35.0 Å². The van der Waals surface area contributed by atoms with Crippen LogP contribution in [0.4, 0.5) is 0 Å². The molecule has 0 rings (SSSR count). The van der Waals surface area contributed by atoms with Crippen molar-refractivity contribution < 1.29 is 29.3 Å². The van der Waals surface area contributed by atoms with Crippen molar-refractivity contribution >= 4 is 17.9 Å². The summed E-state index contributed by atoms with van der Waals surface area (Å²) in [5.41, 5.74) is 7.24. The average molecular weight is 290 g/mol. The molecular weight excluding hydrogens is 268 g/mol. The van der Waals surface area contributed by atoms with Gasteiger partial charge in [0.05, 0.1) is 5.92 Å². The number of hydrogen-bond acceptors (Lipinski definition) is 6. The van der Waals surface area contributed by atoms with Gasteiger partial charge in [-0.05, 0) is 40.2 Å². The zero-order valence-electron chi connectivity index (χ0n) is 11.9. The van der Waals surface area contributed by atoms with Gasteiger partial charge in [-0.15, -0.1) is 0 Å². The normalized spacial score (nSPS) is 16.1. The largest absolute Gasteiger partial charge is 0.481 e. The van der Waals surface area contributed by atoms with E-state index in [1.807, 2.05) is 0 Å². The van der Waals surface area contributed by atoms with E-state index in [0.717, 1.165) is 0 Å². The number of nitrogens with two attached hydrogens (primary N) is 2. The minimum absolute atomic E-state index is 0.131. The lowest BCUT2D eigenvalue weighted by Crippen LogP contribution is -2.63. The van der Waals surface area contributed by atoms with Crippen molar-refractivity contribution in [3.63, 3.8) is 0 Å². The van der Waals surface area contributed by atoms with Crippen LogP contribution < -0.4 is 11.5 Å². The van der Waals surface area contributed by atoms with Gasteiger partial charge in [0.1, 0.15) is 5.60 Å². The molecule has 0 spiro atoms. The number of carbonyl (C=O) groups is 3. The summed E-state index contributed by atoms with van der Waals surface area (Å²) in [6.45, 7) is 4.75. The van der Waals surface area contributed by atoms with E-state index in [4.69, 9.17) is 21.3 Å². The van der Waals surface area contributed by atoms with Gasteiger partial charge in [-0.1, -0.05) is 0 Å². The minimum atomic E-state index is -2.64. The van der Waals surface area contributed by atoms with Crippen LogP contribution >= 0.6 is 0 Å². The third-order valence-corrected chi connectivity index (χ3v) is 2.64. The highest BCUT2D eigenvalue weighted by molar-refractivity contribution is 6.07. The Morgan fingerprint density at radius 3 is 2.00 bits per heavy atom. The highest BCUT2D eigenvalue weighted by atomic mass is 16.6. The number of hydrogen-bond donors (Lipinski definition) is 4. The predicted molar refractivity (Wildman–Crippen MR) is 69.8 cm³/mol. The molecule has 8 heteroatoms. The van der Waals surface area contributed by atoms with Crippen LogP contribution in [0, 0.1) is 5.92 Å². The number of carboxylic acids is 2. The molecule has 6 N–H and O–H groups in total. The van der Waals surface area contributed by atoms with E-state index in [1.54, 1.807) is 0 Å². The van der Waals surface area contributed by atoms with Crippen molar-refractivity contribution in [3.8, 4) is 0 Å². The first-order chi connectivity index (χ1) is 8.96. The minimum Gasteiger partial charge on any atom is -0.481 e. The van der Waals surface area contributed by atoms with Gasteiger partial charge >= 0.3 is 17.9 Å². The van der Waals surface area contributed by atoms with Gasteiger partial charge < -0.3 is 26.4 Å². The van der Waals surface area contributed by atoms with Crippen LogP contribution in [0.3, 0.4) is 0 Å². The second-order valence-electron chi connectivity index (χ2n) is 5.50. The van der Waals surface area contributed by atoms with Crippen LogP contribution in [0.5, 0.6) is 0 Å². The molecule has 0 aliphatic rings. The van der Waals surface area contributed by atoms with Gasteiger partial charge in [0.2, 0.25) is 5.54 Å². The maximum Gasteiger partial charge on any atom is 0.339 e. The molecule has 2 atom stereocenters.